The molecule has 2 N–H and O–H groups in total. The molecule has 102 valence electrons. The predicted octanol–water partition coefficient (Wildman–Crippen LogP) is 1.36. The van der Waals surface area contributed by atoms with Crippen LogP contribution >= 0.6 is 0 Å². The zero-order valence-electron chi connectivity index (χ0n) is 12.0. The quantitative estimate of drug-likeness (QED) is 0.600. The third-order valence-electron chi connectivity index (χ3n) is 3.33. The predicted molar refractivity (Wildman–Crippen MR) is 70.9 cm³/mol. The van der Waals surface area contributed by atoms with E-state index in [1.54, 1.807) is 0 Å². The molecule has 0 rings (SSSR count). The molecule has 0 aliphatic heterocycles. The lowest BCUT2D eigenvalue weighted by molar-refractivity contribution is -0.170. The molecule has 5 nitrogen and oxygen atoms in total. The summed E-state index contributed by atoms with van der Waals surface area (Å²) in [6.07, 6.45) is 0. The Morgan fingerprint density at radius 1 is 1.41 bits per heavy atom. The van der Waals surface area contributed by atoms with Crippen molar-refractivity contribution in [2.24, 2.45) is 5.73 Å². The van der Waals surface area contributed by atoms with Gasteiger partial charge in [0.2, 0.25) is 0 Å². The number of amides is 1. The topological polar surface area (TPSA) is 64.8 Å². The monoisotopic (exact) mass is 262 g/mol. The van der Waals surface area contributed by atoms with Gasteiger partial charge >= 0.3 is 0 Å². The number of hydroxylamine groups is 2. The standard InChI is InChI=1S/C11H26N2O3Si/c1-11(2,3)17(6,7)16-8-9(12)10(14)13(4)15-5/h9H,8,12H2,1-7H3. The Labute approximate surface area is 105 Å². The van der Waals surface area contributed by atoms with Crippen LogP contribution in [0.4, 0.5) is 0 Å². The van der Waals surface area contributed by atoms with Crippen molar-refractivity contribution in [1.29, 1.82) is 0 Å². The smallest absolute Gasteiger partial charge is 0.265 e. The highest BCUT2D eigenvalue weighted by Gasteiger charge is 2.38. The Bertz CT molecular complexity index is 264. The average Bonchev–Trinajstić information content (AvgIpc) is 2.22. The Kier molecular flexibility index (Phi) is 5.80. The number of nitrogens with two attached hydrogens (primary N) is 1. The van der Waals surface area contributed by atoms with Gasteiger partial charge in [-0.25, -0.2) is 5.06 Å². The van der Waals surface area contributed by atoms with Crippen LogP contribution in [0.5, 0.6) is 0 Å². The van der Waals surface area contributed by atoms with Crippen molar-refractivity contribution in [3.05, 3.63) is 0 Å². The normalized spacial score (nSPS) is 14.6. The molecule has 0 bridgehead atoms. The second-order valence-electron chi connectivity index (χ2n) is 5.70. The van der Waals surface area contributed by atoms with E-state index in [4.69, 9.17) is 15.0 Å². The molecule has 1 amide bonds. The average molecular weight is 262 g/mol. The second-order valence-corrected chi connectivity index (χ2v) is 10.5. The molecule has 0 spiro atoms. The third-order valence-corrected chi connectivity index (χ3v) is 7.83. The van der Waals surface area contributed by atoms with Crippen molar-refractivity contribution in [3.63, 3.8) is 0 Å². The molecule has 1 unspecified atom stereocenters. The Morgan fingerprint density at radius 3 is 2.24 bits per heavy atom. The van der Waals surface area contributed by atoms with E-state index in [2.05, 4.69) is 33.9 Å². The van der Waals surface area contributed by atoms with Crippen molar-refractivity contribution < 1.29 is 14.1 Å². The molecule has 0 aromatic carbocycles. The van der Waals surface area contributed by atoms with E-state index in [-0.39, 0.29) is 17.6 Å². The molecule has 6 heteroatoms. The first kappa shape index (κ1) is 16.6. The van der Waals surface area contributed by atoms with Crippen LogP contribution in [0.25, 0.3) is 0 Å². The lowest BCUT2D eigenvalue weighted by Gasteiger charge is -2.36. The maximum atomic E-state index is 11.7. The van der Waals surface area contributed by atoms with Crippen LogP contribution in [-0.4, -0.2) is 46.1 Å². The molecule has 17 heavy (non-hydrogen) atoms. The molecule has 0 fully saturated rings. The molecular weight excluding hydrogens is 236 g/mol. The third kappa shape index (κ3) is 4.75. The van der Waals surface area contributed by atoms with Gasteiger partial charge in [0.05, 0.1) is 13.7 Å². The summed E-state index contributed by atoms with van der Waals surface area (Å²) >= 11 is 0. The number of carbonyl (C=O) groups excluding carboxylic acids is 1. The van der Waals surface area contributed by atoms with Gasteiger partial charge in [-0.2, -0.15) is 0 Å². The molecule has 0 aromatic rings. The fourth-order valence-electron chi connectivity index (χ4n) is 0.909. The van der Waals surface area contributed by atoms with Crippen molar-refractivity contribution in [2.75, 3.05) is 20.8 Å². The number of carbonyl (C=O) groups is 1. The molecule has 0 saturated heterocycles. The molecule has 0 aliphatic rings. The van der Waals surface area contributed by atoms with Crippen LogP contribution in [0.1, 0.15) is 20.8 Å². The van der Waals surface area contributed by atoms with Crippen molar-refractivity contribution in [2.45, 2.75) is 44.9 Å². The molecule has 0 aromatic heterocycles. The molecular formula is C11H26N2O3Si. The minimum Gasteiger partial charge on any atom is -0.415 e. The zero-order valence-corrected chi connectivity index (χ0v) is 13.0. The maximum Gasteiger partial charge on any atom is 0.265 e. The highest BCUT2D eigenvalue weighted by Crippen LogP contribution is 2.36. The fourth-order valence-corrected chi connectivity index (χ4v) is 1.94. The van der Waals surface area contributed by atoms with Gasteiger partial charge in [0.15, 0.2) is 8.32 Å². The number of rotatable bonds is 5. The Morgan fingerprint density at radius 2 is 1.88 bits per heavy atom. The summed E-state index contributed by atoms with van der Waals surface area (Å²) in [5.41, 5.74) is 5.77. The summed E-state index contributed by atoms with van der Waals surface area (Å²) in [6.45, 7) is 10.9. The number of nitrogens with zero attached hydrogens (tertiary/aromatic N) is 1. The van der Waals surface area contributed by atoms with E-state index in [0.717, 1.165) is 5.06 Å². The minimum atomic E-state index is -1.85. The molecule has 0 saturated carbocycles. The number of hydrogen-bond acceptors (Lipinski definition) is 4. The van der Waals surface area contributed by atoms with Crippen molar-refractivity contribution in [1.82, 2.24) is 5.06 Å². The van der Waals surface area contributed by atoms with Gasteiger partial charge in [0.25, 0.3) is 5.91 Å². The van der Waals surface area contributed by atoms with Gasteiger partial charge in [-0.3, -0.25) is 9.63 Å². The van der Waals surface area contributed by atoms with E-state index in [9.17, 15) is 4.79 Å². The van der Waals surface area contributed by atoms with Crippen LogP contribution in [0.15, 0.2) is 0 Å². The Hall–Kier alpha value is -0.433. The maximum absolute atomic E-state index is 11.7. The summed E-state index contributed by atoms with van der Waals surface area (Å²) in [5.74, 6) is -0.272. The summed E-state index contributed by atoms with van der Waals surface area (Å²) in [5, 5.41) is 1.24. The molecule has 0 aliphatic carbocycles. The molecule has 0 radical (unpaired) electrons. The van der Waals surface area contributed by atoms with E-state index in [0.29, 0.717) is 0 Å². The lowest BCUT2D eigenvalue weighted by atomic mass is 10.2. The van der Waals surface area contributed by atoms with Crippen LogP contribution in [-0.2, 0) is 14.1 Å². The van der Waals surface area contributed by atoms with Gasteiger partial charge in [-0.15, -0.1) is 0 Å². The van der Waals surface area contributed by atoms with Gasteiger partial charge in [0.1, 0.15) is 6.04 Å². The van der Waals surface area contributed by atoms with E-state index >= 15 is 0 Å². The van der Waals surface area contributed by atoms with Gasteiger partial charge in [0, 0.05) is 7.05 Å². The van der Waals surface area contributed by atoms with Gasteiger partial charge in [-0.05, 0) is 18.1 Å². The van der Waals surface area contributed by atoms with Crippen molar-refractivity contribution in [3.8, 4) is 0 Å². The zero-order chi connectivity index (χ0) is 13.9. The fraction of sp³-hybridized carbons (Fsp3) is 0.909. The van der Waals surface area contributed by atoms with E-state index in [1.807, 2.05) is 0 Å². The van der Waals surface area contributed by atoms with Crippen LogP contribution < -0.4 is 5.73 Å². The summed E-state index contributed by atoms with van der Waals surface area (Å²) in [6, 6.07) is -0.672. The van der Waals surface area contributed by atoms with Crippen LogP contribution in [0.3, 0.4) is 0 Å². The summed E-state index contributed by atoms with van der Waals surface area (Å²) in [4.78, 5) is 16.4. The van der Waals surface area contributed by atoms with Gasteiger partial charge in [-0.1, -0.05) is 20.8 Å². The number of hydrogen-bond donors (Lipinski definition) is 1. The first-order valence-corrected chi connectivity index (χ1v) is 8.65. The number of likely N-dealkylation sites (N-methyl/N-ethyl adjacent to an activating group) is 1. The summed E-state index contributed by atoms with van der Waals surface area (Å²) in [7, 11) is 1.12. The van der Waals surface area contributed by atoms with Gasteiger partial charge < -0.3 is 10.2 Å². The van der Waals surface area contributed by atoms with E-state index < -0.39 is 14.4 Å². The minimum absolute atomic E-state index is 0.114. The highest BCUT2D eigenvalue weighted by atomic mass is 28.4. The Balaban J connectivity index is 4.35. The largest absolute Gasteiger partial charge is 0.415 e. The first-order chi connectivity index (χ1) is 7.53. The lowest BCUT2D eigenvalue weighted by Crippen LogP contribution is -2.49. The van der Waals surface area contributed by atoms with E-state index in [1.165, 1.54) is 14.2 Å². The van der Waals surface area contributed by atoms with Crippen LogP contribution in [0.2, 0.25) is 18.1 Å². The van der Waals surface area contributed by atoms with Crippen LogP contribution in [0, 0.1) is 0 Å². The highest BCUT2D eigenvalue weighted by molar-refractivity contribution is 6.74. The SMILES string of the molecule is CON(C)C(=O)C(N)CO[Si](C)(C)C(C)(C)C. The first-order valence-electron chi connectivity index (χ1n) is 5.74. The molecule has 0 heterocycles. The second kappa shape index (κ2) is 5.95. The van der Waals surface area contributed by atoms with Crippen molar-refractivity contribution >= 4 is 14.2 Å². The molecule has 1 atom stereocenters. The summed E-state index contributed by atoms with van der Waals surface area (Å²) < 4.78 is 5.88.